The van der Waals surface area contributed by atoms with E-state index in [1.54, 1.807) is 24.3 Å². The highest BCUT2D eigenvalue weighted by Crippen LogP contribution is 2.33. The van der Waals surface area contributed by atoms with Crippen molar-refractivity contribution < 1.29 is 9.21 Å². The van der Waals surface area contributed by atoms with E-state index in [9.17, 15) is 4.79 Å². The van der Waals surface area contributed by atoms with Crippen molar-refractivity contribution in [2.75, 3.05) is 6.54 Å². The molecule has 1 fully saturated rings. The summed E-state index contributed by atoms with van der Waals surface area (Å²) in [6.07, 6.45) is 6.36. The van der Waals surface area contributed by atoms with Gasteiger partial charge in [-0.2, -0.15) is 0 Å². The summed E-state index contributed by atoms with van der Waals surface area (Å²) < 4.78 is 6.23. The highest BCUT2D eigenvalue weighted by molar-refractivity contribution is 5.96. The molecule has 1 heterocycles. The Labute approximate surface area is 199 Å². The van der Waals surface area contributed by atoms with E-state index in [0.717, 1.165) is 23.2 Å². The molecule has 0 radical (unpaired) electrons. The van der Waals surface area contributed by atoms with Gasteiger partial charge in [0.1, 0.15) is 23.2 Å². The normalized spacial score (nSPS) is 14.0. The molecule has 1 aliphatic carbocycles. The van der Waals surface area contributed by atoms with Crippen LogP contribution in [0.3, 0.4) is 0 Å². The fourth-order valence-corrected chi connectivity index (χ4v) is 4.45. The van der Waals surface area contributed by atoms with Gasteiger partial charge in [0, 0.05) is 34.4 Å². The first kappa shape index (κ1) is 23.3. The summed E-state index contributed by atoms with van der Waals surface area (Å²) in [7, 11) is 0. The van der Waals surface area contributed by atoms with Gasteiger partial charge in [-0.1, -0.05) is 67.8 Å². The first-order valence-electron chi connectivity index (χ1n) is 11.7. The van der Waals surface area contributed by atoms with Crippen molar-refractivity contribution in [3.05, 3.63) is 71.3 Å². The highest BCUT2D eigenvalue weighted by Gasteiger charge is 2.19. The molecule has 3 aromatic rings. The molecule has 1 aromatic heterocycles. The Hall–Kier alpha value is -3.87. The Morgan fingerprint density at radius 3 is 2.00 bits per heavy atom. The first-order chi connectivity index (χ1) is 16.4. The Morgan fingerprint density at radius 2 is 1.44 bits per heavy atom. The lowest BCUT2D eigenvalue weighted by atomic mass is 9.89. The smallest absolute Gasteiger partial charge is 0.224 e. The molecule has 34 heavy (non-hydrogen) atoms. The van der Waals surface area contributed by atoms with Crippen molar-refractivity contribution in [3.63, 3.8) is 0 Å². The maximum atomic E-state index is 12.8. The van der Waals surface area contributed by atoms with E-state index >= 15 is 0 Å². The second kappa shape index (κ2) is 10.4. The van der Waals surface area contributed by atoms with E-state index < -0.39 is 0 Å². The van der Waals surface area contributed by atoms with Gasteiger partial charge < -0.3 is 21.2 Å². The van der Waals surface area contributed by atoms with Crippen LogP contribution in [-0.4, -0.2) is 24.1 Å². The van der Waals surface area contributed by atoms with Gasteiger partial charge in [-0.3, -0.25) is 15.6 Å². The number of carbonyl (C=O) groups is 1. The van der Waals surface area contributed by atoms with Crippen LogP contribution in [0.1, 0.15) is 48.8 Å². The lowest BCUT2D eigenvalue weighted by Crippen LogP contribution is -2.31. The predicted octanol–water partition coefficient (Wildman–Crippen LogP) is 4.42. The Morgan fingerprint density at radius 1 is 0.882 bits per heavy atom. The fraction of sp³-hybridized carbons (Fsp3) is 0.296. The summed E-state index contributed by atoms with van der Waals surface area (Å²) in [4.78, 5) is 12.8. The monoisotopic (exact) mass is 457 g/mol. The minimum absolute atomic E-state index is 0.000408. The van der Waals surface area contributed by atoms with Gasteiger partial charge in [0.05, 0.1) is 6.42 Å². The summed E-state index contributed by atoms with van der Waals surface area (Å²) in [6.45, 7) is 0.721. The van der Waals surface area contributed by atoms with Crippen molar-refractivity contribution >= 4 is 17.6 Å². The van der Waals surface area contributed by atoms with Crippen molar-refractivity contribution in [2.24, 2.45) is 17.4 Å². The van der Waals surface area contributed by atoms with Crippen LogP contribution in [0.15, 0.2) is 59.0 Å². The first-order valence-corrected chi connectivity index (χ1v) is 11.7. The van der Waals surface area contributed by atoms with Gasteiger partial charge in [0.2, 0.25) is 5.91 Å². The SMILES string of the molecule is N=C(N)c1ccc(-c2cc(CC(=O)NCC3CCCCC3)c(-c3ccc(C(=N)N)cc3)o2)cc1. The van der Waals surface area contributed by atoms with Crippen LogP contribution in [0.2, 0.25) is 0 Å². The Bertz CT molecular complexity index is 1170. The third-order valence-electron chi connectivity index (χ3n) is 6.41. The lowest BCUT2D eigenvalue weighted by Gasteiger charge is -2.21. The molecular formula is C27H31N5O2. The number of amides is 1. The summed E-state index contributed by atoms with van der Waals surface area (Å²) in [5.74, 6) is 1.80. The number of nitrogens with one attached hydrogen (secondary N) is 3. The van der Waals surface area contributed by atoms with Crippen molar-refractivity contribution in [1.29, 1.82) is 10.8 Å². The van der Waals surface area contributed by atoms with Gasteiger partial charge in [-0.25, -0.2) is 0 Å². The van der Waals surface area contributed by atoms with Gasteiger partial charge in [0.25, 0.3) is 0 Å². The molecule has 7 N–H and O–H groups in total. The van der Waals surface area contributed by atoms with Crippen molar-refractivity contribution in [2.45, 2.75) is 38.5 Å². The van der Waals surface area contributed by atoms with Crippen LogP contribution >= 0.6 is 0 Å². The molecule has 4 rings (SSSR count). The predicted molar refractivity (Wildman–Crippen MR) is 135 cm³/mol. The molecular weight excluding hydrogens is 426 g/mol. The third kappa shape index (κ3) is 5.54. The zero-order valence-corrected chi connectivity index (χ0v) is 19.2. The van der Waals surface area contributed by atoms with E-state index in [2.05, 4.69) is 5.32 Å². The van der Waals surface area contributed by atoms with E-state index in [4.69, 9.17) is 26.7 Å². The zero-order chi connectivity index (χ0) is 24.1. The van der Waals surface area contributed by atoms with Crippen molar-refractivity contribution in [3.8, 4) is 22.6 Å². The van der Waals surface area contributed by atoms with Crippen LogP contribution in [-0.2, 0) is 11.2 Å². The van der Waals surface area contributed by atoms with Crippen LogP contribution < -0.4 is 16.8 Å². The second-order valence-corrected chi connectivity index (χ2v) is 8.93. The number of benzene rings is 2. The molecule has 0 atom stereocenters. The number of amidine groups is 2. The standard InChI is InChI=1S/C27H31N5O2/c28-26(29)20-10-6-18(7-11-20)23-14-22(15-24(33)32-16-17-4-2-1-3-5-17)25(34-23)19-8-12-21(13-9-19)27(30)31/h6-14,17H,1-5,15-16H2,(H3,28,29)(H3,30,31)(H,32,33). The van der Waals surface area contributed by atoms with Crippen LogP contribution in [0.25, 0.3) is 22.6 Å². The number of rotatable bonds is 8. The molecule has 0 bridgehead atoms. The summed E-state index contributed by atoms with van der Waals surface area (Å²) in [6, 6.07) is 16.4. The van der Waals surface area contributed by atoms with Gasteiger partial charge in [0.15, 0.2) is 0 Å². The molecule has 0 aliphatic heterocycles. The maximum Gasteiger partial charge on any atom is 0.224 e. The number of furan rings is 1. The molecule has 0 saturated heterocycles. The van der Waals surface area contributed by atoms with Crippen LogP contribution in [0.4, 0.5) is 0 Å². The van der Waals surface area contributed by atoms with E-state index in [1.807, 2.05) is 30.3 Å². The Balaban J connectivity index is 1.59. The summed E-state index contributed by atoms with van der Waals surface area (Å²) in [5, 5.41) is 18.3. The van der Waals surface area contributed by atoms with Gasteiger partial charge >= 0.3 is 0 Å². The average Bonchev–Trinajstić information content (AvgIpc) is 3.27. The van der Waals surface area contributed by atoms with Crippen molar-refractivity contribution in [1.82, 2.24) is 5.32 Å². The number of hydrogen-bond acceptors (Lipinski definition) is 4. The minimum atomic E-state index is -0.0218. The number of nitrogens with two attached hydrogens (primary N) is 2. The topological polar surface area (TPSA) is 142 Å². The number of carbonyl (C=O) groups excluding carboxylic acids is 1. The molecule has 0 unspecified atom stereocenters. The largest absolute Gasteiger partial charge is 0.456 e. The molecule has 2 aromatic carbocycles. The van der Waals surface area contributed by atoms with E-state index in [-0.39, 0.29) is 24.0 Å². The molecule has 1 saturated carbocycles. The minimum Gasteiger partial charge on any atom is -0.456 e. The summed E-state index contributed by atoms with van der Waals surface area (Å²) >= 11 is 0. The number of nitrogen functional groups attached to an aromatic ring is 2. The van der Waals surface area contributed by atoms with E-state index in [1.165, 1.54) is 32.1 Å². The van der Waals surface area contributed by atoms with Gasteiger partial charge in [-0.15, -0.1) is 0 Å². The maximum absolute atomic E-state index is 12.8. The van der Waals surface area contributed by atoms with Crippen LogP contribution in [0.5, 0.6) is 0 Å². The molecule has 7 heteroatoms. The molecule has 7 nitrogen and oxygen atoms in total. The lowest BCUT2D eigenvalue weighted by molar-refractivity contribution is -0.120. The molecule has 1 amide bonds. The van der Waals surface area contributed by atoms with Gasteiger partial charge in [-0.05, 0) is 24.8 Å². The third-order valence-corrected chi connectivity index (χ3v) is 6.41. The highest BCUT2D eigenvalue weighted by atomic mass is 16.3. The second-order valence-electron chi connectivity index (χ2n) is 8.93. The molecule has 176 valence electrons. The van der Waals surface area contributed by atoms with Crippen LogP contribution in [0, 0.1) is 16.7 Å². The quantitative estimate of drug-likeness (QED) is 0.252. The van der Waals surface area contributed by atoms with E-state index in [0.29, 0.717) is 28.6 Å². The fourth-order valence-electron chi connectivity index (χ4n) is 4.45. The summed E-state index contributed by atoms with van der Waals surface area (Å²) in [5.41, 5.74) is 14.9. The zero-order valence-electron chi connectivity index (χ0n) is 19.2. The molecule has 1 aliphatic rings. The average molecular weight is 458 g/mol. The Kier molecular flexibility index (Phi) is 7.11. The number of hydrogen-bond donors (Lipinski definition) is 5. The molecule has 0 spiro atoms.